The second-order valence-electron chi connectivity index (χ2n) is 6.61. The van der Waals surface area contributed by atoms with E-state index in [9.17, 15) is 18.0 Å². The van der Waals surface area contributed by atoms with Crippen LogP contribution in [0.5, 0.6) is 0 Å². The van der Waals surface area contributed by atoms with E-state index in [4.69, 9.17) is 0 Å². The van der Waals surface area contributed by atoms with Gasteiger partial charge in [0.2, 0.25) is 15.9 Å². The van der Waals surface area contributed by atoms with Gasteiger partial charge in [0.05, 0.1) is 4.90 Å². The monoisotopic (exact) mass is 377 g/mol. The van der Waals surface area contributed by atoms with E-state index in [0.717, 1.165) is 25.7 Å². The first-order valence-electron chi connectivity index (χ1n) is 8.83. The zero-order chi connectivity index (χ0) is 18.6. The molecule has 8 heteroatoms. The van der Waals surface area contributed by atoms with Gasteiger partial charge in [0.15, 0.2) is 0 Å². The number of sulfonamides is 1. The number of amides is 2. The molecule has 0 bridgehead atoms. The molecular weight excluding hydrogens is 354 g/mol. The predicted octanol–water partition coefficient (Wildman–Crippen LogP) is 1.59. The average molecular weight is 377 g/mol. The van der Waals surface area contributed by atoms with E-state index in [0.29, 0.717) is 19.5 Å². The first kappa shape index (κ1) is 18.6. The Balaban J connectivity index is 1.55. The van der Waals surface area contributed by atoms with Crippen LogP contribution in [0, 0.1) is 5.92 Å². The van der Waals surface area contributed by atoms with Gasteiger partial charge < -0.3 is 0 Å². The number of hydrogen-bond acceptors (Lipinski definition) is 4. The third-order valence-electron chi connectivity index (χ3n) is 4.69. The third kappa shape index (κ3) is 4.31. The van der Waals surface area contributed by atoms with Gasteiger partial charge in [-0.1, -0.05) is 12.2 Å². The van der Waals surface area contributed by atoms with E-state index < -0.39 is 15.9 Å². The highest BCUT2D eigenvalue weighted by Crippen LogP contribution is 2.21. The van der Waals surface area contributed by atoms with Crippen LogP contribution in [0.2, 0.25) is 0 Å². The average Bonchev–Trinajstić information content (AvgIpc) is 3.34. The number of hydrazine groups is 1. The molecule has 26 heavy (non-hydrogen) atoms. The van der Waals surface area contributed by atoms with E-state index in [1.54, 1.807) is 0 Å². The van der Waals surface area contributed by atoms with E-state index in [2.05, 4.69) is 10.9 Å². The van der Waals surface area contributed by atoms with Crippen LogP contribution >= 0.6 is 0 Å². The summed E-state index contributed by atoms with van der Waals surface area (Å²) in [7, 11) is -3.49. The normalized spacial score (nSPS) is 20.2. The first-order valence-corrected chi connectivity index (χ1v) is 10.3. The molecule has 1 aromatic carbocycles. The molecule has 1 saturated heterocycles. The van der Waals surface area contributed by atoms with Crippen molar-refractivity contribution < 1.29 is 18.0 Å². The Kier molecular flexibility index (Phi) is 5.73. The molecule has 1 aliphatic carbocycles. The molecule has 0 saturated carbocycles. The van der Waals surface area contributed by atoms with Gasteiger partial charge in [-0.2, -0.15) is 4.31 Å². The fraction of sp³-hybridized carbons (Fsp3) is 0.444. The molecular formula is C18H23N3O4S. The molecule has 1 atom stereocenters. The van der Waals surface area contributed by atoms with E-state index >= 15 is 0 Å². The SMILES string of the molecule is O=C(C[C@@H]1C=CCC1)NNC(=O)c1ccc(S(=O)(=O)N2CCCC2)cc1. The molecule has 1 heterocycles. The summed E-state index contributed by atoms with van der Waals surface area (Å²) in [5.74, 6) is -0.504. The zero-order valence-electron chi connectivity index (χ0n) is 14.5. The van der Waals surface area contributed by atoms with E-state index in [1.165, 1.54) is 28.6 Å². The summed E-state index contributed by atoms with van der Waals surface area (Å²) in [6.45, 7) is 1.07. The van der Waals surface area contributed by atoms with Gasteiger partial charge in [-0.25, -0.2) is 8.42 Å². The lowest BCUT2D eigenvalue weighted by atomic mass is 10.1. The van der Waals surface area contributed by atoms with Crippen molar-refractivity contribution in [1.29, 1.82) is 0 Å². The van der Waals surface area contributed by atoms with Crippen LogP contribution in [0.3, 0.4) is 0 Å². The van der Waals surface area contributed by atoms with Gasteiger partial charge in [0.1, 0.15) is 0 Å². The van der Waals surface area contributed by atoms with E-state index in [1.807, 2.05) is 12.2 Å². The van der Waals surface area contributed by atoms with Crippen molar-refractivity contribution in [2.24, 2.45) is 5.92 Å². The number of nitrogens with zero attached hydrogens (tertiary/aromatic N) is 1. The minimum absolute atomic E-state index is 0.174. The summed E-state index contributed by atoms with van der Waals surface area (Å²) in [5.41, 5.74) is 5.05. The summed E-state index contributed by atoms with van der Waals surface area (Å²) in [5, 5.41) is 0. The van der Waals surface area contributed by atoms with Gasteiger partial charge in [-0.15, -0.1) is 0 Å². The summed E-state index contributed by atoms with van der Waals surface area (Å²) < 4.78 is 26.4. The fourth-order valence-electron chi connectivity index (χ4n) is 3.21. The Morgan fingerprint density at radius 3 is 2.38 bits per heavy atom. The number of rotatable bonds is 5. The van der Waals surface area contributed by atoms with Crippen molar-refractivity contribution in [3.05, 3.63) is 42.0 Å². The molecule has 3 rings (SSSR count). The molecule has 1 aromatic rings. The van der Waals surface area contributed by atoms with Crippen LogP contribution in [-0.2, 0) is 14.8 Å². The Bertz CT molecular complexity index is 796. The molecule has 0 unspecified atom stereocenters. The quantitative estimate of drug-likeness (QED) is 0.602. The number of nitrogens with one attached hydrogen (secondary N) is 2. The van der Waals surface area contributed by atoms with Gasteiger partial charge in [0.25, 0.3) is 5.91 Å². The number of hydrogen-bond donors (Lipinski definition) is 2. The summed E-state index contributed by atoms with van der Waals surface area (Å²) in [4.78, 5) is 24.1. The number of carbonyl (C=O) groups excluding carboxylic acids is 2. The Morgan fingerprint density at radius 2 is 1.77 bits per heavy atom. The maximum atomic E-state index is 12.5. The second-order valence-corrected chi connectivity index (χ2v) is 8.55. The zero-order valence-corrected chi connectivity index (χ0v) is 15.3. The standard InChI is InChI=1S/C18H23N3O4S/c22-17(13-14-5-1-2-6-14)19-20-18(23)15-7-9-16(10-8-15)26(24,25)21-11-3-4-12-21/h1,5,7-10,14H,2-4,6,11-13H2,(H,19,22)(H,20,23)/t14-/m1/s1. The largest absolute Gasteiger partial charge is 0.273 e. The molecule has 2 amide bonds. The van der Waals surface area contributed by atoms with Crippen LogP contribution in [0.25, 0.3) is 0 Å². The molecule has 2 aliphatic rings. The van der Waals surface area contributed by atoms with Crippen molar-refractivity contribution in [2.45, 2.75) is 37.0 Å². The first-order chi connectivity index (χ1) is 12.5. The summed E-state index contributed by atoms with van der Waals surface area (Å²) >= 11 is 0. The molecule has 1 aliphatic heterocycles. The minimum Gasteiger partial charge on any atom is -0.273 e. The van der Waals surface area contributed by atoms with Crippen LogP contribution in [0.15, 0.2) is 41.3 Å². The third-order valence-corrected chi connectivity index (χ3v) is 6.61. The van der Waals surface area contributed by atoms with Crippen LogP contribution in [-0.4, -0.2) is 37.6 Å². The van der Waals surface area contributed by atoms with Crippen molar-refractivity contribution >= 4 is 21.8 Å². The predicted molar refractivity (Wildman–Crippen MR) is 96.5 cm³/mol. The Hall–Kier alpha value is -2.19. The molecule has 0 spiro atoms. The fourth-order valence-corrected chi connectivity index (χ4v) is 4.73. The molecule has 0 radical (unpaired) electrons. The van der Waals surface area contributed by atoms with Gasteiger partial charge in [-0.05, 0) is 55.9 Å². The Morgan fingerprint density at radius 1 is 1.08 bits per heavy atom. The number of benzene rings is 1. The van der Waals surface area contributed by atoms with Gasteiger partial charge in [-0.3, -0.25) is 20.4 Å². The van der Waals surface area contributed by atoms with Crippen LogP contribution < -0.4 is 10.9 Å². The molecule has 2 N–H and O–H groups in total. The van der Waals surface area contributed by atoms with Crippen molar-refractivity contribution in [3.63, 3.8) is 0 Å². The highest BCUT2D eigenvalue weighted by molar-refractivity contribution is 7.89. The lowest BCUT2D eigenvalue weighted by Gasteiger charge is -2.15. The summed E-state index contributed by atoms with van der Waals surface area (Å²) in [6.07, 6.45) is 8.08. The highest BCUT2D eigenvalue weighted by atomic mass is 32.2. The minimum atomic E-state index is -3.49. The summed E-state index contributed by atoms with van der Waals surface area (Å²) in [6, 6.07) is 5.75. The van der Waals surface area contributed by atoms with E-state index in [-0.39, 0.29) is 22.3 Å². The van der Waals surface area contributed by atoms with Crippen molar-refractivity contribution in [3.8, 4) is 0 Å². The molecule has 0 aromatic heterocycles. The lowest BCUT2D eigenvalue weighted by molar-refractivity contribution is -0.122. The number of carbonyl (C=O) groups is 2. The maximum Gasteiger partial charge on any atom is 0.269 e. The van der Waals surface area contributed by atoms with Crippen LogP contribution in [0.1, 0.15) is 42.5 Å². The number of allylic oxidation sites excluding steroid dienone is 2. The second kappa shape index (κ2) is 8.01. The van der Waals surface area contributed by atoms with Crippen molar-refractivity contribution in [1.82, 2.24) is 15.2 Å². The lowest BCUT2D eigenvalue weighted by Crippen LogP contribution is -2.42. The smallest absolute Gasteiger partial charge is 0.269 e. The van der Waals surface area contributed by atoms with Gasteiger partial charge in [0, 0.05) is 25.1 Å². The van der Waals surface area contributed by atoms with Crippen molar-refractivity contribution in [2.75, 3.05) is 13.1 Å². The maximum absolute atomic E-state index is 12.5. The molecule has 1 fully saturated rings. The Labute approximate surface area is 153 Å². The molecule has 140 valence electrons. The van der Waals surface area contributed by atoms with Crippen LogP contribution in [0.4, 0.5) is 0 Å². The van der Waals surface area contributed by atoms with Gasteiger partial charge >= 0.3 is 0 Å². The topological polar surface area (TPSA) is 95.6 Å². The highest BCUT2D eigenvalue weighted by Gasteiger charge is 2.27. The molecule has 7 nitrogen and oxygen atoms in total.